The third-order valence-electron chi connectivity index (χ3n) is 1.85. The zero-order chi connectivity index (χ0) is 11.0. The van der Waals surface area contributed by atoms with E-state index in [0.717, 1.165) is 12.0 Å². The highest BCUT2D eigenvalue weighted by atomic mass is 14.2. The molecule has 1 aromatic rings. The van der Waals surface area contributed by atoms with Crippen molar-refractivity contribution in [3.63, 3.8) is 0 Å². The Bertz CT molecular complexity index is 314. The van der Waals surface area contributed by atoms with Gasteiger partial charge >= 0.3 is 0 Å². The molecule has 1 heteroatoms. The van der Waals surface area contributed by atoms with Crippen LogP contribution in [0, 0.1) is 11.3 Å². The summed E-state index contributed by atoms with van der Waals surface area (Å²) < 4.78 is 0. The van der Waals surface area contributed by atoms with Gasteiger partial charge in [-0.1, -0.05) is 51.6 Å². The number of rotatable bonds is 2. The van der Waals surface area contributed by atoms with Gasteiger partial charge in [0.25, 0.3) is 0 Å². The third kappa shape index (κ3) is 3.45. The number of hydrogen-bond donors (Lipinski definition) is 0. The predicted octanol–water partition coefficient (Wildman–Crippen LogP) is 3.81. The van der Waals surface area contributed by atoms with Crippen molar-refractivity contribution in [2.45, 2.75) is 27.2 Å². The number of nitriles is 1. The molecule has 0 aromatic heterocycles. The topological polar surface area (TPSA) is 23.8 Å². The molecule has 74 valence electrons. The van der Waals surface area contributed by atoms with Crippen LogP contribution >= 0.6 is 0 Å². The molecule has 0 saturated heterocycles. The minimum absolute atomic E-state index is 0.526. The van der Waals surface area contributed by atoms with Crippen LogP contribution in [0.1, 0.15) is 31.9 Å². The Balaban J connectivity index is 0.000000791. The number of allylic oxidation sites excluding steroid dienone is 1. The highest BCUT2D eigenvalue weighted by molar-refractivity contribution is 5.74. The summed E-state index contributed by atoms with van der Waals surface area (Å²) in [4.78, 5) is 0. The van der Waals surface area contributed by atoms with Gasteiger partial charge in [0, 0.05) is 0 Å². The third-order valence-corrected chi connectivity index (χ3v) is 1.85. The fraction of sp³-hybridized carbons (Fsp3) is 0.308. The molecule has 0 aliphatic rings. The molecule has 0 fully saturated rings. The minimum atomic E-state index is 0.526. The van der Waals surface area contributed by atoms with Gasteiger partial charge in [-0.3, -0.25) is 0 Å². The molecule has 1 rings (SSSR count). The Hall–Kier alpha value is -1.55. The van der Waals surface area contributed by atoms with Crippen LogP contribution in [0.15, 0.2) is 30.8 Å². The van der Waals surface area contributed by atoms with E-state index in [1.165, 1.54) is 5.56 Å². The zero-order valence-electron chi connectivity index (χ0n) is 9.17. The standard InChI is InChI=1S/C11H11N.C2H6/c1-3-10-4-6-11(7-5-10)9(2)8-12;1-2/h4-7H,2-3H2,1H3;1-2H3. The summed E-state index contributed by atoms with van der Waals surface area (Å²) in [6.45, 7) is 9.74. The second-order valence-electron chi connectivity index (χ2n) is 2.64. The van der Waals surface area contributed by atoms with Crippen LogP contribution in [-0.4, -0.2) is 0 Å². The maximum Gasteiger partial charge on any atom is 0.0991 e. The Kier molecular flexibility index (Phi) is 6.15. The number of benzene rings is 1. The maximum absolute atomic E-state index is 8.57. The van der Waals surface area contributed by atoms with Crippen molar-refractivity contribution in [1.29, 1.82) is 5.26 Å². The molecule has 0 atom stereocenters. The van der Waals surface area contributed by atoms with Gasteiger partial charge in [0.05, 0.1) is 11.6 Å². The van der Waals surface area contributed by atoms with Gasteiger partial charge in [0.2, 0.25) is 0 Å². The van der Waals surface area contributed by atoms with Crippen molar-refractivity contribution >= 4 is 5.57 Å². The van der Waals surface area contributed by atoms with Gasteiger partial charge in [-0.25, -0.2) is 0 Å². The molecule has 0 aliphatic heterocycles. The average Bonchev–Trinajstić information content (AvgIpc) is 2.31. The first kappa shape index (κ1) is 12.4. The predicted molar refractivity (Wildman–Crippen MR) is 61.8 cm³/mol. The Labute approximate surface area is 86.7 Å². The molecule has 0 amide bonds. The van der Waals surface area contributed by atoms with E-state index in [-0.39, 0.29) is 0 Å². The first-order valence-electron chi connectivity index (χ1n) is 4.96. The largest absolute Gasteiger partial charge is 0.192 e. The van der Waals surface area contributed by atoms with E-state index in [1.807, 2.05) is 44.2 Å². The molecule has 0 radical (unpaired) electrons. The van der Waals surface area contributed by atoms with Crippen LogP contribution in [-0.2, 0) is 6.42 Å². The van der Waals surface area contributed by atoms with E-state index in [0.29, 0.717) is 5.57 Å². The summed E-state index contributed by atoms with van der Waals surface area (Å²) in [5.41, 5.74) is 2.72. The van der Waals surface area contributed by atoms with E-state index in [4.69, 9.17) is 5.26 Å². The first-order valence-corrected chi connectivity index (χ1v) is 4.96. The number of aryl methyl sites for hydroxylation is 1. The van der Waals surface area contributed by atoms with Crippen LogP contribution in [0.2, 0.25) is 0 Å². The fourth-order valence-corrected chi connectivity index (χ4v) is 1.01. The van der Waals surface area contributed by atoms with E-state index in [9.17, 15) is 0 Å². The van der Waals surface area contributed by atoms with Crippen LogP contribution in [0.4, 0.5) is 0 Å². The minimum Gasteiger partial charge on any atom is -0.192 e. The second-order valence-corrected chi connectivity index (χ2v) is 2.64. The highest BCUT2D eigenvalue weighted by Crippen LogP contribution is 2.12. The molecule has 0 saturated carbocycles. The molecule has 0 heterocycles. The lowest BCUT2D eigenvalue weighted by Crippen LogP contribution is -1.82. The molecule has 0 spiro atoms. The lowest BCUT2D eigenvalue weighted by atomic mass is 10.1. The number of hydrogen-bond acceptors (Lipinski definition) is 1. The molecule has 0 bridgehead atoms. The van der Waals surface area contributed by atoms with Crippen LogP contribution in [0.3, 0.4) is 0 Å². The van der Waals surface area contributed by atoms with Crippen molar-refractivity contribution in [1.82, 2.24) is 0 Å². The van der Waals surface area contributed by atoms with Gasteiger partial charge in [0.15, 0.2) is 0 Å². The normalized spacial score (nSPS) is 8.14. The van der Waals surface area contributed by atoms with Crippen LogP contribution < -0.4 is 0 Å². The Morgan fingerprint density at radius 2 is 1.79 bits per heavy atom. The molecule has 0 unspecified atom stereocenters. The first-order chi connectivity index (χ1) is 6.77. The smallest absolute Gasteiger partial charge is 0.0991 e. The Morgan fingerprint density at radius 1 is 1.29 bits per heavy atom. The van der Waals surface area contributed by atoms with Crippen LogP contribution in [0.25, 0.3) is 5.57 Å². The van der Waals surface area contributed by atoms with Crippen molar-refractivity contribution in [3.05, 3.63) is 42.0 Å². The van der Waals surface area contributed by atoms with Gasteiger partial charge < -0.3 is 0 Å². The highest BCUT2D eigenvalue weighted by Gasteiger charge is 1.95. The molecular formula is C13H17N. The lowest BCUT2D eigenvalue weighted by molar-refractivity contribution is 1.14. The number of nitrogens with zero attached hydrogens (tertiary/aromatic N) is 1. The summed E-state index contributed by atoms with van der Waals surface area (Å²) in [6.07, 6.45) is 1.03. The molecule has 0 aliphatic carbocycles. The summed E-state index contributed by atoms with van der Waals surface area (Å²) >= 11 is 0. The van der Waals surface area contributed by atoms with Crippen molar-refractivity contribution in [2.24, 2.45) is 0 Å². The SMILES string of the molecule is C=C(C#N)c1ccc(CC)cc1.CC. The van der Waals surface area contributed by atoms with Gasteiger partial charge in [0.1, 0.15) is 0 Å². The zero-order valence-corrected chi connectivity index (χ0v) is 9.17. The van der Waals surface area contributed by atoms with E-state index >= 15 is 0 Å². The van der Waals surface area contributed by atoms with Crippen molar-refractivity contribution < 1.29 is 0 Å². The average molecular weight is 187 g/mol. The van der Waals surface area contributed by atoms with E-state index < -0.39 is 0 Å². The van der Waals surface area contributed by atoms with Gasteiger partial charge in [-0.15, -0.1) is 0 Å². The Morgan fingerprint density at radius 3 is 2.14 bits per heavy atom. The van der Waals surface area contributed by atoms with E-state index in [1.54, 1.807) is 0 Å². The molecule has 1 nitrogen and oxygen atoms in total. The van der Waals surface area contributed by atoms with Crippen LogP contribution in [0.5, 0.6) is 0 Å². The fourth-order valence-electron chi connectivity index (χ4n) is 1.01. The van der Waals surface area contributed by atoms with Crippen molar-refractivity contribution in [2.75, 3.05) is 0 Å². The molecule has 14 heavy (non-hydrogen) atoms. The summed E-state index contributed by atoms with van der Waals surface area (Å²) in [5, 5.41) is 8.57. The molecule has 0 N–H and O–H groups in total. The quantitative estimate of drug-likeness (QED) is 0.646. The summed E-state index contributed by atoms with van der Waals surface area (Å²) in [5.74, 6) is 0. The molecule has 1 aromatic carbocycles. The second kappa shape index (κ2) is 6.91. The monoisotopic (exact) mass is 187 g/mol. The summed E-state index contributed by atoms with van der Waals surface area (Å²) in [7, 11) is 0. The molecular weight excluding hydrogens is 170 g/mol. The van der Waals surface area contributed by atoms with E-state index in [2.05, 4.69) is 13.5 Å². The maximum atomic E-state index is 8.57. The van der Waals surface area contributed by atoms with Gasteiger partial charge in [-0.05, 0) is 17.5 Å². The van der Waals surface area contributed by atoms with Crippen molar-refractivity contribution in [3.8, 4) is 6.07 Å². The lowest BCUT2D eigenvalue weighted by Gasteiger charge is -1.98. The van der Waals surface area contributed by atoms with Gasteiger partial charge in [-0.2, -0.15) is 5.26 Å². The summed E-state index contributed by atoms with van der Waals surface area (Å²) in [6, 6.07) is 9.95.